The van der Waals surface area contributed by atoms with E-state index in [-0.39, 0.29) is 11.3 Å². The van der Waals surface area contributed by atoms with Crippen LogP contribution in [0, 0.1) is 5.41 Å². The first-order valence-electron chi connectivity index (χ1n) is 5.94. The van der Waals surface area contributed by atoms with Crippen LogP contribution in [0.2, 0.25) is 0 Å². The molecule has 0 unspecified atom stereocenters. The lowest BCUT2D eigenvalue weighted by molar-refractivity contribution is -0.127. The molecule has 1 saturated heterocycles. The molecule has 6 nitrogen and oxygen atoms in total. The molecule has 0 saturated carbocycles. The van der Waals surface area contributed by atoms with Crippen molar-refractivity contribution < 1.29 is 4.79 Å². The molecule has 1 fully saturated rings. The smallest absolute Gasteiger partial charge is 0.232 e. The molecular weight excluding hydrogens is 238 g/mol. The molecule has 0 atom stereocenters. The van der Waals surface area contributed by atoms with Crippen molar-refractivity contribution in [2.24, 2.45) is 5.41 Å². The Balaban J connectivity index is 2.06. The predicted octanol–water partition coefficient (Wildman–Crippen LogP) is 1.04. The van der Waals surface area contributed by atoms with Gasteiger partial charge >= 0.3 is 0 Å². The average Bonchev–Trinajstić information content (AvgIpc) is 2.83. The summed E-state index contributed by atoms with van der Waals surface area (Å²) in [6.45, 7) is 3.92. The summed E-state index contributed by atoms with van der Waals surface area (Å²) in [5.74, 6) is 0.0689. The van der Waals surface area contributed by atoms with Gasteiger partial charge in [0.1, 0.15) is 0 Å². The SMILES string of the molecule is CCCC1(C(=O)Nc2nnns2)CCNCC1. The van der Waals surface area contributed by atoms with Crippen LogP contribution in [0.25, 0.3) is 0 Å². The molecule has 2 heterocycles. The van der Waals surface area contributed by atoms with E-state index in [2.05, 4.69) is 32.4 Å². The molecule has 1 aromatic heterocycles. The number of carbonyl (C=O) groups is 1. The van der Waals surface area contributed by atoms with Gasteiger partial charge in [0, 0.05) is 11.5 Å². The van der Waals surface area contributed by atoms with Gasteiger partial charge in [-0.15, -0.1) is 0 Å². The Morgan fingerprint density at radius 1 is 1.53 bits per heavy atom. The van der Waals surface area contributed by atoms with Crippen LogP contribution in [0.1, 0.15) is 32.6 Å². The first-order chi connectivity index (χ1) is 8.27. The highest BCUT2D eigenvalue weighted by molar-refractivity contribution is 7.09. The van der Waals surface area contributed by atoms with Gasteiger partial charge in [-0.3, -0.25) is 10.1 Å². The van der Waals surface area contributed by atoms with Crippen LogP contribution in [-0.2, 0) is 4.79 Å². The summed E-state index contributed by atoms with van der Waals surface area (Å²) >= 11 is 1.11. The van der Waals surface area contributed by atoms with Crippen molar-refractivity contribution in [2.45, 2.75) is 32.6 Å². The van der Waals surface area contributed by atoms with Crippen LogP contribution in [-0.4, -0.2) is 33.8 Å². The van der Waals surface area contributed by atoms with Crippen molar-refractivity contribution in [1.29, 1.82) is 0 Å². The van der Waals surface area contributed by atoms with Gasteiger partial charge < -0.3 is 5.32 Å². The van der Waals surface area contributed by atoms with Crippen LogP contribution in [0.15, 0.2) is 0 Å². The molecule has 0 aromatic carbocycles. The molecule has 0 spiro atoms. The minimum absolute atomic E-state index is 0.0689. The topological polar surface area (TPSA) is 79.8 Å². The molecule has 1 aliphatic heterocycles. The van der Waals surface area contributed by atoms with Crippen molar-refractivity contribution in [3.63, 3.8) is 0 Å². The van der Waals surface area contributed by atoms with Gasteiger partial charge in [0.15, 0.2) is 0 Å². The van der Waals surface area contributed by atoms with E-state index in [1.807, 2.05) is 0 Å². The third-order valence-electron chi connectivity index (χ3n) is 3.29. The summed E-state index contributed by atoms with van der Waals surface area (Å²) in [6, 6.07) is 0. The maximum atomic E-state index is 12.3. The number of piperidine rings is 1. The molecule has 0 bridgehead atoms. The largest absolute Gasteiger partial charge is 0.317 e. The summed E-state index contributed by atoms with van der Waals surface area (Å²) < 4.78 is 3.64. The number of amides is 1. The molecule has 1 aromatic rings. The summed E-state index contributed by atoms with van der Waals surface area (Å²) in [4.78, 5) is 12.3. The highest BCUT2D eigenvalue weighted by Gasteiger charge is 2.38. The number of nitrogens with one attached hydrogen (secondary N) is 2. The molecule has 0 radical (unpaired) electrons. The van der Waals surface area contributed by atoms with E-state index >= 15 is 0 Å². The number of nitrogens with zero attached hydrogens (tertiary/aromatic N) is 3. The van der Waals surface area contributed by atoms with Crippen LogP contribution < -0.4 is 10.6 Å². The standard InChI is InChI=1S/C10H17N5OS/c1-2-3-10(4-6-11-7-5-10)8(16)12-9-13-14-15-17-9/h11H,2-7H2,1H3,(H,12,13,15,16). The normalized spacial score (nSPS) is 18.9. The van der Waals surface area contributed by atoms with Gasteiger partial charge in [-0.25, -0.2) is 0 Å². The van der Waals surface area contributed by atoms with E-state index in [0.29, 0.717) is 5.13 Å². The Kier molecular flexibility index (Phi) is 4.01. The number of rotatable bonds is 4. The van der Waals surface area contributed by atoms with Crippen LogP contribution >= 0.6 is 11.5 Å². The predicted molar refractivity (Wildman–Crippen MR) is 65.8 cm³/mol. The molecule has 1 aliphatic rings. The van der Waals surface area contributed by atoms with Gasteiger partial charge in [-0.05, 0) is 37.6 Å². The van der Waals surface area contributed by atoms with Gasteiger partial charge in [0.05, 0.1) is 5.41 Å². The molecule has 2 N–H and O–H groups in total. The maximum absolute atomic E-state index is 12.3. The number of aromatic nitrogens is 3. The lowest BCUT2D eigenvalue weighted by Gasteiger charge is -2.35. The first-order valence-corrected chi connectivity index (χ1v) is 6.71. The van der Waals surface area contributed by atoms with Gasteiger partial charge in [0.2, 0.25) is 11.0 Å². The molecule has 7 heteroatoms. The van der Waals surface area contributed by atoms with Crippen molar-refractivity contribution in [3.8, 4) is 0 Å². The molecule has 17 heavy (non-hydrogen) atoms. The minimum Gasteiger partial charge on any atom is -0.317 e. The number of hydrogen-bond donors (Lipinski definition) is 2. The second-order valence-corrected chi connectivity index (χ2v) is 5.13. The van der Waals surface area contributed by atoms with Gasteiger partial charge in [-0.1, -0.05) is 22.9 Å². The van der Waals surface area contributed by atoms with Crippen molar-refractivity contribution >= 4 is 22.6 Å². The minimum atomic E-state index is -0.244. The zero-order valence-electron chi connectivity index (χ0n) is 9.90. The van der Waals surface area contributed by atoms with Crippen LogP contribution in [0.3, 0.4) is 0 Å². The van der Waals surface area contributed by atoms with E-state index < -0.39 is 0 Å². The number of anilines is 1. The summed E-state index contributed by atoms with van der Waals surface area (Å²) in [5.41, 5.74) is -0.244. The van der Waals surface area contributed by atoms with E-state index in [4.69, 9.17) is 0 Å². The molecular formula is C10H17N5OS. The Hall–Kier alpha value is -1.08. The van der Waals surface area contributed by atoms with Gasteiger partial charge in [0.25, 0.3) is 0 Å². The second kappa shape index (κ2) is 5.50. The Morgan fingerprint density at radius 2 is 2.29 bits per heavy atom. The second-order valence-electron chi connectivity index (χ2n) is 4.40. The third-order valence-corrected chi connectivity index (χ3v) is 3.80. The van der Waals surface area contributed by atoms with Crippen molar-refractivity contribution in [3.05, 3.63) is 0 Å². The fraction of sp³-hybridized carbons (Fsp3) is 0.800. The quantitative estimate of drug-likeness (QED) is 0.840. The lowest BCUT2D eigenvalue weighted by atomic mass is 9.74. The Morgan fingerprint density at radius 3 is 2.88 bits per heavy atom. The zero-order chi connectivity index (χ0) is 12.1. The van der Waals surface area contributed by atoms with E-state index in [0.717, 1.165) is 50.3 Å². The van der Waals surface area contributed by atoms with E-state index in [9.17, 15) is 4.79 Å². The fourth-order valence-electron chi connectivity index (χ4n) is 2.39. The Bertz CT molecular complexity index is 355. The number of hydrogen-bond acceptors (Lipinski definition) is 6. The molecule has 2 rings (SSSR count). The average molecular weight is 255 g/mol. The molecule has 94 valence electrons. The Labute approximate surface area is 104 Å². The van der Waals surface area contributed by atoms with Crippen LogP contribution in [0.5, 0.6) is 0 Å². The summed E-state index contributed by atoms with van der Waals surface area (Å²) in [7, 11) is 0. The van der Waals surface area contributed by atoms with E-state index in [1.54, 1.807) is 0 Å². The third kappa shape index (κ3) is 2.78. The van der Waals surface area contributed by atoms with Gasteiger partial charge in [-0.2, -0.15) is 0 Å². The summed E-state index contributed by atoms with van der Waals surface area (Å²) in [6.07, 6.45) is 3.71. The number of carbonyl (C=O) groups excluding carboxylic acids is 1. The van der Waals surface area contributed by atoms with Crippen molar-refractivity contribution in [1.82, 2.24) is 20.1 Å². The highest BCUT2D eigenvalue weighted by Crippen LogP contribution is 2.35. The monoisotopic (exact) mass is 255 g/mol. The highest BCUT2D eigenvalue weighted by atomic mass is 32.1. The summed E-state index contributed by atoms with van der Waals surface area (Å²) in [5, 5.41) is 13.8. The molecule has 1 amide bonds. The molecule has 0 aliphatic carbocycles. The van der Waals surface area contributed by atoms with Crippen molar-refractivity contribution in [2.75, 3.05) is 18.4 Å². The first kappa shape index (κ1) is 12.4. The maximum Gasteiger partial charge on any atom is 0.232 e. The van der Waals surface area contributed by atoms with Crippen LogP contribution in [0.4, 0.5) is 5.13 Å². The zero-order valence-corrected chi connectivity index (χ0v) is 10.7. The van der Waals surface area contributed by atoms with E-state index in [1.165, 1.54) is 0 Å². The fourth-order valence-corrected chi connectivity index (χ4v) is 2.75. The lowest BCUT2D eigenvalue weighted by Crippen LogP contribution is -2.44.